The summed E-state index contributed by atoms with van der Waals surface area (Å²) in [6, 6.07) is 8.55. The van der Waals surface area contributed by atoms with Gasteiger partial charge >= 0.3 is 0 Å². The Morgan fingerprint density at radius 2 is 1.78 bits per heavy atom. The minimum atomic E-state index is 0.405. The highest BCUT2D eigenvalue weighted by molar-refractivity contribution is 5.79. The van der Waals surface area contributed by atoms with Gasteiger partial charge in [-0.3, -0.25) is 9.67 Å². The second kappa shape index (κ2) is 9.55. The molecule has 0 atom stereocenters. The van der Waals surface area contributed by atoms with Crippen LogP contribution in [-0.4, -0.2) is 53.7 Å². The van der Waals surface area contributed by atoms with Crippen LogP contribution in [-0.2, 0) is 26.7 Å². The highest BCUT2D eigenvalue weighted by Crippen LogP contribution is 2.18. The zero-order valence-corrected chi connectivity index (χ0v) is 17.8. The lowest BCUT2D eigenvalue weighted by Crippen LogP contribution is -2.38. The van der Waals surface area contributed by atoms with Gasteiger partial charge < -0.3 is 15.1 Å². The van der Waals surface area contributed by atoms with E-state index in [1.54, 1.807) is 0 Å². The molecular weight excluding hydrogens is 336 g/mol. The van der Waals surface area contributed by atoms with E-state index in [0.717, 1.165) is 31.3 Å². The second-order valence-corrected chi connectivity index (χ2v) is 7.63. The Balaban J connectivity index is 2.06. The normalized spacial score (nSPS) is 12.1. The van der Waals surface area contributed by atoms with E-state index in [0.29, 0.717) is 5.92 Å². The molecular formula is C21H34N6. The first-order chi connectivity index (χ1) is 12.8. The molecule has 0 fully saturated rings. The molecule has 0 amide bonds. The molecule has 2 rings (SSSR count). The van der Waals surface area contributed by atoms with Crippen LogP contribution < -0.4 is 5.32 Å². The third kappa shape index (κ3) is 5.82. The molecule has 0 bridgehead atoms. The average Bonchev–Trinajstić information content (AvgIpc) is 2.97. The number of aliphatic imine (C=N–C) groups is 1. The molecule has 6 nitrogen and oxygen atoms in total. The van der Waals surface area contributed by atoms with Gasteiger partial charge in [-0.05, 0) is 31.1 Å². The summed E-state index contributed by atoms with van der Waals surface area (Å²) in [6.07, 6.45) is 2.10. The van der Waals surface area contributed by atoms with Crippen molar-refractivity contribution in [1.82, 2.24) is 24.9 Å². The van der Waals surface area contributed by atoms with Crippen LogP contribution in [0.5, 0.6) is 0 Å². The fraction of sp³-hybridized carbons (Fsp3) is 0.524. The van der Waals surface area contributed by atoms with Crippen LogP contribution in [0.25, 0.3) is 0 Å². The summed E-state index contributed by atoms with van der Waals surface area (Å²) in [5, 5.41) is 8.11. The van der Waals surface area contributed by atoms with Gasteiger partial charge in [-0.2, -0.15) is 5.10 Å². The van der Waals surface area contributed by atoms with Crippen molar-refractivity contribution in [3.05, 3.63) is 52.8 Å². The van der Waals surface area contributed by atoms with Crippen molar-refractivity contribution in [3.63, 3.8) is 0 Å². The highest BCUT2D eigenvalue weighted by atomic mass is 15.3. The summed E-state index contributed by atoms with van der Waals surface area (Å²) in [6.45, 7) is 6.83. The number of rotatable bonds is 7. The molecule has 0 unspecified atom stereocenters. The van der Waals surface area contributed by atoms with Gasteiger partial charge in [0.25, 0.3) is 0 Å². The fourth-order valence-corrected chi connectivity index (χ4v) is 3.28. The van der Waals surface area contributed by atoms with Gasteiger partial charge in [0.05, 0.1) is 5.69 Å². The molecule has 0 spiro atoms. The number of hydrogen-bond donors (Lipinski definition) is 1. The van der Waals surface area contributed by atoms with E-state index in [4.69, 9.17) is 0 Å². The monoisotopic (exact) mass is 370 g/mol. The van der Waals surface area contributed by atoms with E-state index < -0.39 is 0 Å². The minimum absolute atomic E-state index is 0.405. The summed E-state index contributed by atoms with van der Waals surface area (Å²) >= 11 is 0. The zero-order valence-electron chi connectivity index (χ0n) is 17.8. The number of guanidine groups is 1. The molecule has 1 heterocycles. The molecule has 0 aliphatic rings. The maximum atomic E-state index is 4.61. The first kappa shape index (κ1) is 21.0. The largest absolute Gasteiger partial charge is 0.352 e. The zero-order chi connectivity index (χ0) is 20.0. The molecule has 1 aromatic heterocycles. The summed E-state index contributed by atoms with van der Waals surface area (Å²) in [4.78, 5) is 8.81. The predicted octanol–water partition coefficient (Wildman–Crippen LogP) is 2.81. The van der Waals surface area contributed by atoms with Crippen molar-refractivity contribution in [3.8, 4) is 0 Å². The maximum Gasteiger partial charge on any atom is 0.193 e. The Morgan fingerprint density at radius 1 is 1.11 bits per heavy atom. The van der Waals surface area contributed by atoms with E-state index >= 15 is 0 Å². The lowest BCUT2D eigenvalue weighted by atomic mass is 10.1. The van der Waals surface area contributed by atoms with Gasteiger partial charge in [0, 0.05) is 52.5 Å². The third-order valence-corrected chi connectivity index (χ3v) is 4.51. The topological polar surface area (TPSA) is 48.7 Å². The SMILES string of the molecule is CN=C(NCc1ccccc1CN(C)C)N(C)Cc1cn(C)nc1C(C)C. The molecule has 0 aliphatic heterocycles. The van der Waals surface area contributed by atoms with Crippen molar-refractivity contribution < 1.29 is 0 Å². The van der Waals surface area contributed by atoms with Crippen molar-refractivity contribution in [2.45, 2.75) is 39.4 Å². The van der Waals surface area contributed by atoms with Crippen molar-refractivity contribution in [2.24, 2.45) is 12.0 Å². The third-order valence-electron chi connectivity index (χ3n) is 4.51. The quantitative estimate of drug-likeness (QED) is 0.601. The lowest BCUT2D eigenvalue weighted by Gasteiger charge is -2.23. The maximum absolute atomic E-state index is 4.61. The standard InChI is InChI=1S/C21H34N6/c1-16(2)20-19(15-27(7)24-20)14-26(6)21(22-3)23-12-17-10-8-9-11-18(17)13-25(4)5/h8-11,15-16H,12-14H2,1-7H3,(H,22,23). The van der Waals surface area contributed by atoms with Crippen molar-refractivity contribution in [1.29, 1.82) is 0 Å². The Bertz CT molecular complexity index is 760. The molecule has 6 heteroatoms. The highest BCUT2D eigenvalue weighted by Gasteiger charge is 2.15. The molecule has 0 saturated carbocycles. The van der Waals surface area contributed by atoms with E-state index in [9.17, 15) is 0 Å². The smallest absolute Gasteiger partial charge is 0.193 e. The molecule has 1 aromatic carbocycles. The summed E-state index contributed by atoms with van der Waals surface area (Å²) in [5.41, 5.74) is 5.02. The molecule has 148 valence electrons. The first-order valence-corrected chi connectivity index (χ1v) is 9.47. The van der Waals surface area contributed by atoms with Gasteiger partial charge in [-0.1, -0.05) is 38.1 Å². The van der Waals surface area contributed by atoms with Crippen LogP contribution >= 0.6 is 0 Å². The molecule has 0 aliphatic carbocycles. The Kier molecular flexibility index (Phi) is 7.42. The number of aromatic nitrogens is 2. The van der Waals surface area contributed by atoms with Gasteiger partial charge in [0.1, 0.15) is 0 Å². The summed E-state index contributed by atoms with van der Waals surface area (Å²) in [5.74, 6) is 1.29. The van der Waals surface area contributed by atoms with Gasteiger partial charge in [-0.15, -0.1) is 0 Å². The van der Waals surface area contributed by atoms with Crippen LogP contribution in [0, 0.1) is 0 Å². The van der Waals surface area contributed by atoms with Crippen LogP contribution in [0.2, 0.25) is 0 Å². The number of nitrogens with one attached hydrogen (secondary N) is 1. The average molecular weight is 371 g/mol. The minimum Gasteiger partial charge on any atom is -0.352 e. The van der Waals surface area contributed by atoms with E-state index in [2.05, 4.69) is 90.7 Å². The predicted molar refractivity (Wildman–Crippen MR) is 113 cm³/mol. The molecule has 27 heavy (non-hydrogen) atoms. The summed E-state index contributed by atoms with van der Waals surface area (Å²) in [7, 11) is 10.1. The van der Waals surface area contributed by atoms with Crippen LogP contribution in [0.1, 0.15) is 42.1 Å². The number of hydrogen-bond acceptors (Lipinski definition) is 3. The van der Waals surface area contributed by atoms with E-state index in [-0.39, 0.29) is 0 Å². The Hall–Kier alpha value is -2.34. The van der Waals surface area contributed by atoms with Crippen LogP contribution in [0.4, 0.5) is 0 Å². The van der Waals surface area contributed by atoms with E-state index in [1.807, 2.05) is 18.8 Å². The number of nitrogens with zero attached hydrogens (tertiary/aromatic N) is 5. The number of aryl methyl sites for hydroxylation is 1. The van der Waals surface area contributed by atoms with Gasteiger partial charge in [0.15, 0.2) is 5.96 Å². The Morgan fingerprint density at radius 3 is 2.37 bits per heavy atom. The lowest BCUT2D eigenvalue weighted by molar-refractivity contribution is 0.400. The number of benzene rings is 1. The second-order valence-electron chi connectivity index (χ2n) is 7.63. The Labute approximate surface area is 163 Å². The van der Waals surface area contributed by atoms with Crippen LogP contribution in [0.15, 0.2) is 35.5 Å². The van der Waals surface area contributed by atoms with Crippen LogP contribution in [0.3, 0.4) is 0 Å². The fourth-order valence-electron chi connectivity index (χ4n) is 3.28. The summed E-state index contributed by atoms with van der Waals surface area (Å²) < 4.78 is 1.90. The first-order valence-electron chi connectivity index (χ1n) is 9.47. The van der Waals surface area contributed by atoms with E-state index in [1.165, 1.54) is 16.7 Å². The molecule has 1 N–H and O–H groups in total. The van der Waals surface area contributed by atoms with Gasteiger partial charge in [-0.25, -0.2) is 0 Å². The van der Waals surface area contributed by atoms with Crippen molar-refractivity contribution in [2.75, 3.05) is 28.2 Å². The van der Waals surface area contributed by atoms with Gasteiger partial charge in [0.2, 0.25) is 0 Å². The van der Waals surface area contributed by atoms with Crippen molar-refractivity contribution >= 4 is 5.96 Å². The molecule has 2 aromatic rings. The molecule has 0 radical (unpaired) electrons. The molecule has 0 saturated heterocycles.